The lowest BCUT2D eigenvalue weighted by molar-refractivity contribution is -0.141. The molecular weight excluding hydrogens is 405 g/mol. The van der Waals surface area contributed by atoms with Crippen molar-refractivity contribution in [3.63, 3.8) is 0 Å². The summed E-state index contributed by atoms with van der Waals surface area (Å²) in [6, 6.07) is 0. The van der Waals surface area contributed by atoms with E-state index in [0.717, 1.165) is 57.3 Å². The van der Waals surface area contributed by atoms with Crippen LogP contribution in [-0.2, 0) is 12.7 Å². The first-order valence-electron chi connectivity index (χ1n) is 11.9. The number of hydrogen-bond donors (Lipinski definition) is 3. The summed E-state index contributed by atoms with van der Waals surface area (Å²) in [5.74, 6) is 2.25. The Morgan fingerprint density at radius 3 is 2.35 bits per heavy atom. The minimum atomic E-state index is -4.55. The molecule has 31 heavy (non-hydrogen) atoms. The standard InChI is InChI=1S/C23H33F3N4O/c24-23(25,26)19-18(13-28-21(14-31)4-1-2-5-21)12-27-20(29-19)30-22-6-3-15-7-16(10-22)9-17(8-15)11-22/h12,15-17,28,31H,1-11,13-14H2,(H,27,29,30). The Hall–Kier alpha value is -1.41. The van der Waals surface area contributed by atoms with E-state index in [2.05, 4.69) is 20.6 Å². The molecule has 6 rings (SSSR count). The molecule has 172 valence electrons. The second-order valence-corrected chi connectivity index (χ2v) is 10.7. The fraction of sp³-hybridized carbons (Fsp3) is 0.826. The van der Waals surface area contributed by atoms with E-state index in [1.54, 1.807) is 0 Å². The van der Waals surface area contributed by atoms with E-state index in [-0.39, 0.29) is 30.2 Å². The maximum Gasteiger partial charge on any atom is 0.433 e. The molecule has 0 aliphatic heterocycles. The van der Waals surface area contributed by atoms with E-state index in [1.807, 2.05) is 0 Å². The number of hydrogen-bond acceptors (Lipinski definition) is 5. The number of aliphatic hydroxyl groups excluding tert-OH is 1. The Morgan fingerprint density at radius 1 is 1.03 bits per heavy atom. The average molecular weight is 439 g/mol. The first-order valence-corrected chi connectivity index (χ1v) is 11.9. The number of halogens is 3. The Labute approximate surface area is 181 Å². The zero-order valence-corrected chi connectivity index (χ0v) is 18.0. The molecule has 5 saturated carbocycles. The third kappa shape index (κ3) is 4.30. The van der Waals surface area contributed by atoms with Gasteiger partial charge in [0.05, 0.1) is 6.61 Å². The molecule has 8 heteroatoms. The summed E-state index contributed by atoms with van der Waals surface area (Å²) in [4.78, 5) is 8.32. The van der Waals surface area contributed by atoms with Crippen LogP contribution in [0.2, 0.25) is 0 Å². The van der Waals surface area contributed by atoms with E-state index in [9.17, 15) is 18.3 Å². The summed E-state index contributed by atoms with van der Waals surface area (Å²) in [7, 11) is 0. The zero-order chi connectivity index (χ0) is 21.7. The highest BCUT2D eigenvalue weighted by atomic mass is 19.4. The van der Waals surface area contributed by atoms with Crippen molar-refractivity contribution < 1.29 is 18.3 Å². The molecule has 5 aliphatic carbocycles. The summed E-state index contributed by atoms with van der Waals surface area (Å²) < 4.78 is 41.6. The van der Waals surface area contributed by atoms with Gasteiger partial charge < -0.3 is 15.7 Å². The molecule has 0 aromatic carbocycles. The quantitative estimate of drug-likeness (QED) is 0.603. The molecule has 3 N–H and O–H groups in total. The van der Waals surface area contributed by atoms with E-state index >= 15 is 0 Å². The predicted molar refractivity (Wildman–Crippen MR) is 111 cm³/mol. The van der Waals surface area contributed by atoms with Crippen LogP contribution in [0.5, 0.6) is 0 Å². The number of nitrogens with zero attached hydrogens (tertiary/aromatic N) is 2. The molecule has 1 heterocycles. The highest BCUT2D eigenvalue weighted by Crippen LogP contribution is 2.53. The van der Waals surface area contributed by atoms with Crippen LogP contribution >= 0.6 is 0 Å². The molecular formula is C23H33F3N4O. The molecule has 2 atom stereocenters. The topological polar surface area (TPSA) is 70.1 Å². The van der Waals surface area contributed by atoms with Crippen molar-refractivity contribution in [3.05, 3.63) is 17.5 Å². The van der Waals surface area contributed by atoms with Crippen LogP contribution in [0.3, 0.4) is 0 Å². The number of alkyl halides is 3. The van der Waals surface area contributed by atoms with Crippen LogP contribution in [-0.4, -0.2) is 32.8 Å². The third-order valence-electron chi connectivity index (χ3n) is 8.42. The minimum absolute atomic E-state index is 0.00660. The van der Waals surface area contributed by atoms with Gasteiger partial charge in [-0.2, -0.15) is 13.2 Å². The van der Waals surface area contributed by atoms with Crippen LogP contribution in [0.25, 0.3) is 0 Å². The van der Waals surface area contributed by atoms with Crippen molar-refractivity contribution in [1.82, 2.24) is 15.3 Å². The van der Waals surface area contributed by atoms with Crippen LogP contribution in [0.15, 0.2) is 6.20 Å². The van der Waals surface area contributed by atoms with Gasteiger partial charge in [0.2, 0.25) is 5.95 Å². The Bertz CT molecular complexity index is 795. The largest absolute Gasteiger partial charge is 0.433 e. The van der Waals surface area contributed by atoms with Crippen molar-refractivity contribution in [2.24, 2.45) is 17.8 Å². The summed E-state index contributed by atoms with van der Waals surface area (Å²) in [6.07, 6.45) is 8.27. The number of rotatable bonds is 6. The fourth-order valence-electron chi connectivity index (χ4n) is 7.11. The van der Waals surface area contributed by atoms with Crippen molar-refractivity contribution in [1.29, 1.82) is 0 Å². The van der Waals surface area contributed by atoms with Gasteiger partial charge in [0, 0.05) is 29.4 Å². The van der Waals surface area contributed by atoms with Gasteiger partial charge in [-0.1, -0.05) is 12.8 Å². The second-order valence-electron chi connectivity index (χ2n) is 10.7. The molecule has 1 aromatic heterocycles. The molecule has 0 amide bonds. The fourth-order valence-corrected chi connectivity index (χ4v) is 7.11. The number of aromatic nitrogens is 2. The van der Waals surface area contributed by atoms with Crippen LogP contribution in [0, 0.1) is 17.8 Å². The zero-order valence-electron chi connectivity index (χ0n) is 18.0. The molecule has 5 aliphatic rings. The van der Waals surface area contributed by atoms with Crippen molar-refractivity contribution in [2.45, 2.75) is 94.4 Å². The summed E-state index contributed by atoms with van der Waals surface area (Å²) in [5.41, 5.74) is -1.48. The minimum Gasteiger partial charge on any atom is -0.394 e. The number of nitrogens with one attached hydrogen (secondary N) is 2. The first kappa shape index (κ1) is 21.4. The molecule has 1 aromatic rings. The molecule has 5 nitrogen and oxygen atoms in total. The molecule has 0 radical (unpaired) electrons. The highest BCUT2D eigenvalue weighted by Gasteiger charge is 2.48. The summed E-state index contributed by atoms with van der Waals surface area (Å²) in [5, 5.41) is 16.3. The summed E-state index contributed by atoms with van der Waals surface area (Å²) in [6.45, 7) is -0.0622. The highest BCUT2D eigenvalue weighted by molar-refractivity contribution is 5.35. The van der Waals surface area contributed by atoms with Gasteiger partial charge in [0.25, 0.3) is 0 Å². The molecule has 0 spiro atoms. The average Bonchev–Trinajstić information content (AvgIpc) is 3.11. The van der Waals surface area contributed by atoms with Crippen molar-refractivity contribution >= 4 is 5.95 Å². The van der Waals surface area contributed by atoms with Crippen molar-refractivity contribution in [3.8, 4) is 0 Å². The normalized spacial score (nSPS) is 34.1. The van der Waals surface area contributed by atoms with Gasteiger partial charge in [-0.15, -0.1) is 0 Å². The van der Waals surface area contributed by atoms with Crippen molar-refractivity contribution in [2.75, 3.05) is 11.9 Å². The lowest BCUT2D eigenvalue weighted by Crippen LogP contribution is -2.46. The smallest absolute Gasteiger partial charge is 0.394 e. The van der Waals surface area contributed by atoms with Gasteiger partial charge in [-0.05, 0) is 75.5 Å². The lowest BCUT2D eigenvalue weighted by atomic mass is 9.65. The van der Waals surface area contributed by atoms with Gasteiger partial charge in [0.1, 0.15) is 0 Å². The number of anilines is 1. The SMILES string of the molecule is OCC1(NCc2cnc(NC34CCC5CC(CC(C5)C3)C4)nc2C(F)(F)F)CCCC1. The van der Waals surface area contributed by atoms with E-state index < -0.39 is 17.4 Å². The third-order valence-corrected chi connectivity index (χ3v) is 8.42. The van der Waals surface area contributed by atoms with Gasteiger partial charge in [-0.25, -0.2) is 9.97 Å². The lowest BCUT2D eigenvalue weighted by Gasteiger charge is -2.45. The maximum atomic E-state index is 13.9. The van der Waals surface area contributed by atoms with E-state index in [1.165, 1.54) is 25.5 Å². The second kappa shape index (κ2) is 7.87. The first-order chi connectivity index (χ1) is 14.8. The Balaban J connectivity index is 1.37. The van der Waals surface area contributed by atoms with Gasteiger partial charge in [0.15, 0.2) is 5.69 Å². The van der Waals surface area contributed by atoms with Crippen LogP contribution in [0.1, 0.15) is 81.9 Å². The number of fused-ring (bicyclic) bond motifs is 1. The van der Waals surface area contributed by atoms with Crippen LogP contribution in [0.4, 0.5) is 19.1 Å². The van der Waals surface area contributed by atoms with Gasteiger partial charge in [-0.3, -0.25) is 0 Å². The summed E-state index contributed by atoms with van der Waals surface area (Å²) >= 11 is 0. The van der Waals surface area contributed by atoms with Crippen LogP contribution < -0.4 is 10.6 Å². The Kier molecular flexibility index (Phi) is 5.44. The predicted octanol–water partition coefficient (Wildman–Crippen LogP) is 4.66. The van der Waals surface area contributed by atoms with Gasteiger partial charge >= 0.3 is 6.18 Å². The Morgan fingerprint density at radius 2 is 1.71 bits per heavy atom. The molecule has 2 unspecified atom stereocenters. The molecule has 0 saturated heterocycles. The monoisotopic (exact) mass is 438 g/mol. The number of aliphatic hydroxyl groups is 1. The van der Waals surface area contributed by atoms with E-state index in [0.29, 0.717) is 11.8 Å². The van der Waals surface area contributed by atoms with E-state index in [4.69, 9.17) is 0 Å². The molecule has 5 fully saturated rings. The maximum absolute atomic E-state index is 13.9. The molecule has 4 bridgehead atoms.